The Kier molecular flexibility index (Phi) is 6.01. The molecule has 0 bridgehead atoms. The van der Waals surface area contributed by atoms with Crippen LogP contribution in [-0.4, -0.2) is 44.5 Å². The number of aryl methyl sites for hydroxylation is 1. The van der Waals surface area contributed by atoms with E-state index in [-0.39, 0.29) is 5.75 Å². The summed E-state index contributed by atoms with van der Waals surface area (Å²) in [5, 5.41) is 4.35. The lowest BCUT2D eigenvalue weighted by Crippen LogP contribution is -2.26. The number of thiazole rings is 1. The topological polar surface area (TPSA) is 62.3 Å². The number of hydrogen-bond acceptors (Lipinski definition) is 6. The van der Waals surface area contributed by atoms with E-state index in [2.05, 4.69) is 24.1 Å². The van der Waals surface area contributed by atoms with E-state index in [0.717, 1.165) is 37.6 Å². The van der Waals surface area contributed by atoms with E-state index < -0.39 is 9.84 Å². The molecule has 1 aliphatic rings. The van der Waals surface area contributed by atoms with Crippen LogP contribution >= 0.6 is 11.3 Å². The van der Waals surface area contributed by atoms with Crippen LogP contribution in [0, 0.1) is 0 Å². The summed E-state index contributed by atoms with van der Waals surface area (Å²) >= 11 is 1.71. The molecule has 1 aliphatic heterocycles. The number of anilines is 1. The van der Waals surface area contributed by atoms with E-state index >= 15 is 0 Å². The van der Waals surface area contributed by atoms with E-state index in [1.54, 1.807) is 11.3 Å². The van der Waals surface area contributed by atoms with Crippen molar-refractivity contribution >= 4 is 26.3 Å². The molecule has 1 aromatic heterocycles. The Morgan fingerprint density at radius 2 is 2.10 bits per heavy atom. The van der Waals surface area contributed by atoms with Gasteiger partial charge in [0.15, 0.2) is 15.0 Å². The second kappa shape index (κ2) is 7.56. The Labute approximate surface area is 131 Å². The Morgan fingerprint density at radius 3 is 2.81 bits per heavy atom. The fraction of sp³-hybridized carbons (Fsp3) is 0.786. The summed E-state index contributed by atoms with van der Waals surface area (Å²) in [6.07, 6.45) is 2.77. The normalized spacial score (nSPS) is 18.7. The molecule has 0 aliphatic carbocycles. The fourth-order valence-corrected chi connectivity index (χ4v) is 4.84. The zero-order valence-corrected chi connectivity index (χ0v) is 14.5. The summed E-state index contributed by atoms with van der Waals surface area (Å²) in [5.74, 6) is 0.555. The standard InChI is InChI=1S/C14H25N3O2S2/c1-3-6-12-13(11-15-4-2)20-14(16-12)17-7-5-9-21(18,19)10-8-17/h15H,3-11H2,1-2H3. The van der Waals surface area contributed by atoms with Gasteiger partial charge in [0.05, 0.1) is 17.2 Å². The molecule has 0 aromatic carbocycles. The van der Waals surface area contributed by atoms with Gasteiger partial charge >= 0.3 is 0 Å². The van der Waals surface area contributed by atoms with E-state index in [9.17, 15) is 8.42 Å². The minimum atomic E-state index is -2.87. The van der Waals surface area contributed by atoms with Crippen molar-refractivity contribution in [1.29, 1.82) is 0 Å². The van der Waals surface area contributed by atoms with Crippen LogP contribution in [0.2, 0.25) is 0 Å². The van der Waals surface area contributed by atoms with Gasteiger partial charge in [0.2, 0.25) is 0 Å². The van der Waals surface area contributed by atoms with Crippen LogP contribution in [0.4, 0.5) is 5.13 Å². The van der Waals surface area contributed by atoms with Gasteiger partial charge in [-0.2, -0.15) is 0 Å². The zero-order chi connectivity index (χ0) is 15.3. The Hall–Kier alpha value is -0.660. The van der Waals surface area contributed by atoms with Gasteiger partial charge in [-0.25, -0.2) is 13.4 Å². The first kappa shape index (κ1) is 16.7. The van der Waals surface area contributed by atoms with Crippen LogP contribution in [0.5, 0.6) is 0 Å². The summed E-state index contributed by atoms with van der Waals surface area (Å²) in [7, 11) is -2.87. The molecule has 120 valence electrons. The van der Waals surface area contributed by atoms with E-state index in [1.165, 1.54) is 10.6 Å². The molecule has 0 unspecified atom stereocenters. The molecule has 1 aromatic rings. The van der Waals surface area contributed by atoms with Crippen molar-refractivity contribution in [2.24, 2.45) is 0 Å². The quantitative estimate of drug-likeness (QED) is 0.862. The summed E-state index contributed by atoms with van der Waals surface area (Å²) in [6.45, 7) is 7.42. The molecular formula is C14H25N3O2S2. The Bertz CT molecular complexity index is 555. The molecule has 1 fully saturated rings. The lowest BCUT2D eigenvalue weighted by atomic mass is 10.2. The van der Waals surface area contributed by atoms with E-state index in [0.29, 0.717) is 18.7 Å². The fourth-order valence-electron chi connectivity index (χ4n) is 2.44. The average molecular weight is 332 g/mol. The van der Waals surface area contributed by atoms with E-state index in [1.807, 2.05) is 0 Å². The van der Waals surface area contributed by atoms with Gasteiger partial charge in [-0.1, -0.05) is 20.3 Å². The lowest BCUT2D eigenvalue weighted by Gasteiger charge is -2.17. The third kappa shape index (κ3) is 4.66. The Morgan fingerprint density at radius 1 is 1.29 bits per heavy atom. The molecule has 0 spiro atoms. The van der Waals surface area contributed by atoms with Crippen molar-refractivity contribution in [3.63, 3.8) is 0 Å². The lowest BCUT2D eigenvalue weighted by molar-refractivity contribution is 0.597. The molecule has 2 heterocycles. The molecule has 2 rings (SSSR count). The predicted molar refractivity (Wildman–Crippen MR) is 89.0 cm³/mol. The van der Waals surface area contributed by atoms with Gasteiger partial charge in [0.1, 0.15) is 0 Å². The summed E-state index contributed by atoms with van der Waals surface area (Å²) < 4.78 is 23.4. The molecule has 21 heavy (non-hydrogen) atoms. The molecule has 0 amide bonds. The second-order valence-corrected chi connectivity index (χ2v) is 8.75. The highest BCUT2D eigenvalue weighted by atomic mass is 32.2. The highest BCUT2D eigenvalue weighted by Crippen LogP contribution is 2.28. The van der Waals surface area contributed by atoms with Crippen molar-refractivity contribution in [2.75, 3.05) is 36.0 Å². The van der Waals surface area contributed by atoms with E-state index in [4.69, 9.17) is 4.98 Å². The van der Waals surface area contributed by atoms with Crippen LogP contribution in [0.15, 0.2) is 0 Å². The molecule has 5 nitrogen and oxygen atoms in total. The Balaban J connectivity index is 2.15. The predicted octanol–water partition coefficient (Wildman–Crippen LogP) is 1.83. The van der Waals surface area contributed by atoms with Crippen molar-refractivity contribution in [3.8, 4) is 0 Å². The number of nitrogens with one attached hydrogen (secondary N) is 1. The van der Waals surface area contributed by atoms with Gasteiger partial charge < -0.3 is 10.2 Å². The number of aromatic nitrogens is 1. The van der Waals surface area contributed by atoms with Crippen LogP contribution in [0.25, 0.3) is 0 Å². The number of hydrogen-bond donors (Lipinski definition) is 1. The molecule has 7 heteroatoms. The summed E-state index contributed by atoms with van der Waals surface area (Å²) in [4.78, 5) is 8.21. The third-order valence-corrected chi connectivity index (χ3v) is 6.49. The van der Waals surface area contributed by atoms with Crippen molar-refractivity contribution < 1.29 is 8.42 Å². The number of nitrogens with zero attached hydrogens (tertiary/aromatic N) is 2. The molecule has 0 radical (unpaired) electrons. The smallest absolute Gasteiger partial charge is 0.185 e. The number of sulfone groups is 1. The second-order valence-electron chi connectivity index (χ2n) is 5.39. The zero-order valence-electron chi connectivity index (χ0n) is 12.9. The average Bonchev–Trinajstić information content (AvgIpc) is 2.74. The third-order valence-electron chi connectivity index (χ3n) is 3.62. The molecule has 0 saturated carbocycles. The maximum Gasteiger partial charge on any atom is 0.185 e. The molecule has 1 N–H and O–H groups in total. The van der Waals surface area contributed by atoms with Crippen molar-refractivity contribution in [3.05, 3.63) is 10.6 Å². The van der Waals surface area contributed by atoms with Gasteiger partial charge in [-0.3, -0.25) is 0 Å². The largest absolute Gasteiger partial charge is 0.347 e. The molecular weight excluding hydrogens is 306 g/mol. The van der Waals surface area contributed by atoms with Gasteiger partial charge in [-0.15, -0.1) is 11.3 Å². The van der Waals surface area contributed by atoms with Crippen LogP contribution < -0.4 is 10.2 Å². The highest BCUT2D eigenvalue weighted by Gasteiger charge is 2.22. The maximum absolute atomic E-state index is 11.7. The highest BCUT2D eigenvalue weighted by molar-refractivity contribution is 7.91. The van der Waals surface area contributed by atoms with Gasteiger partial charge in [0.25, 0.3) is 0 Å². The number of rotatable bonds is 6. The summed E-state index contributed by atoms with van der Waals surface area (Å²) in [6, 6.07) is 0. The first-order chi connectivity index (χ1) is 10.1. The molecule has 0 atom stereocenters. The van der Waals surface area contributed by atoms with Crippen LogP contribution in [-0.2, 0) is 22.8 Å². The SMILES string of the molecule is CCCc1nc(N2CCCS(=O)(=O)CC2)sc1CNCC. The van der Waals surface area contributed by atoms with Gasteiger partial charge in [-0.05, 0) is 19.4 Å². The van der Waals surface area contributed by atoms with Crippen LogP contribution in [0.3, 0.4) is 0 Å². The van der Waals surface area contributed by atoms with Crippen molar-refractivity contribution in [2.45, 2.75) is 39.7 Å². The maximum atomic E-state index is 11.7. The van der Waals surface area contributed by atoms with Crippen LogP contribution in [0.1, 0.15) is 37.3 Å². The minimum Gasteiger partial charge on any atom is -0.347 e. The first-order valence-electron chi connectivity index (χ1n) is 7.70. The monoisotopic (exact) mass is 331 g/mol. The summed E-state index contributed by atoms with van der Waals surface area (Å²) in [5.41, 5.74) is 1.17. The van der Waals surface area contributed by atoms with Gasteiger partial charge in [0, 0.05) is 24.5 Å². The molecule has 1 saturated heterocycles. The first-order valence-corrected chi connectivity index (χ1v) is 10.3. The minimum absolute atomic E-state index is 0.248. The van der Waals surface area contributed by atoms with Crippen molar-refractivity contribution in [1.82, 2.24) is 10.3 Å².